The summed E-state index contributed by atoms with van der Waals surface area (Å²) in [6.07, 6.45) is 2.31. The summed E-state index contributed by atoms with van der Waals surface area (Å²) >= 11 is 0. The number of aliphatic carboxylic acids is 1. The minimum Gasteiger partial charge on any atom is -0.497 e. The van der Waals surface area contributed by atoms with Crippen molar-refractivity contribution < 1.29 is 28.6 Å². The van der Waals surface area contributed by atoms with Crippen LogP contribution in [0.2, 0.25) is 0 Å². The van der Waals surface area contributed by atoms with Crippen molar-refractivity contribution in [2.75, 3.05) is 14.2 Å². The number of nitrogens with zero attached hydrogens (tertiary/aromatic N) is 2. The van der Waals surface area contributed by atoms with Gasteiger partial charge in [0.2, 0.25) is 5.91 Å². The van der Waals surface area contributed by atoms with E-state index in [0.717, 1.165) is 5.56 Å². The lowest BCUT2D eigenvalue weighted by Crippen LogP contribution is -2.27. The van der Waals surface area contributed by atoms with Crippen LogP contribution in [0.1, 0.15) is 43.0 Å². The third kappa shape index (κ3) is 4.33. The molecule has 28 heavy (non-hydrogen) atoms. The summed E-state index contributed by atoms with van der Waals surface area (Å²) in [7, 11) is 3.12. The van der Waals surface area contributed by atoms with Crippen LogP contribution in [0.4, 0.5) is 0 Å². The Morgan fingerprint density at radius 1 is 1.21 bits per heavy atom. The van der Waals surface area contributed by atoms with Crippen LogP contribution < -0.4 is 9.47 Å². The van der Waals surface area contributed by atoms with Crippen molar-refractivity contribution in [2.45, 2.75) is 31.7 Å². The maximum Gasteiger partial charge on any atom is 0.303 e. The molecule has 8 nitrogen and oxygen atoms in total. The summed E-state index contributed by atoms with van der Waals surface area (Å²) in [6, 6.07) is 8.63. The lowest BCUT2D eigenvalue weighted by atomic mass is 10.00. The number of carbonyl (C=O) groups is 2. The van der Waals surface area contributed by atoms with Gasteiger partial charge in [0, 0.05) is 25.3 Å². The molecule has 1 amide bonds. The average Bonchev–Trinajstić information content (AvgIpc) is 3.36. The van der Waals surface area contributed by atoms with Gasteiger partial charge in [0.25, 0.3) is 0 Å². The highest BCUT2D eigenvalue weighted by Crippen LogP contribution is 2.37. The number of methoxy groups -OCH3 is 2. The maximum absolute atomic E-state index is 12.8. The van der Waals surface area contributed by atoms with Crippen LogP contribution in [0.15, 0.2) is 46.1 Å². The molecule has 1 aliphatic rings. The Labute approximate surface area is 162 Å². The highest BCUT2D eigenvalue weighted by atomic mass is 16.5. The van der Waals surface area contributed by atoms with E-state index in [0.29, 0.717) is 29.4 Å². The molecule has 8 heteroatoms. The van der Waals surface area contributed by atoms with E-state index in [2.05, 4.69) is 5.10 Å². The standard InChI is InChI=1S/C20H22N2O6/c1-26-14-9-13(10-15(11-14)27-2)17-12-16(18-5-4-8-28-18)21-22(17)19(23)6-3-7-20(24)25/h4-5,8-11,17H,3,6-7,12H2,1-2H3,(H,24,25)/t17-/m0/s1. The normalized spacial score (nSPS) is 16.0. The number of carboxylic acid groups (broad SMARTS) is 1. The molecule has 2 heterocycles. The molecule has 0 radical (unpaired) electrons. The zero-order valence-corrected chi connectivity index (χ0v) is 15.8. The fourth-order valence-electron chi connectivity index (χ4n) is 3.12. The van der Waals surface area contributed by atoms with Gasteiger partial charge in [-0.1, -0.05) is 0 Å². The summed E-state index contributed by atoms with van der Waals surface area (Å²) in [5.41, 5.74) is 1.47. The van der Waals surface area contributed by atoms with Gasteiger partial charge in [0.1, 0.15) is 23.0 Å². The van der Waals surface area contributed by atoms with Crippen LogP contribution in [0, 0.1) is 0 Å². The lowest BCUT2D eigenvalue weighted by Gasteiger charge is -2.23. The molecule has 0 bridgehead atoms. The molecule has 0 unspecified atom stereocenters. The van der Waals surface area contributed by atoms with Crippen LogP contribution in [-0.2, 0) is 9.59 Å². The molecule has 148 valence electrons. The van der Waals surface area contributed by atoms with Gasteiger partial charge >= 0.3 is 5.97 Å². The number of carboxylic acids is 1. The second-order valence-corrected chi connectivity index (χ2v) is 6.38. The first-order valence-electron chi connectivity index (χ1n) is 8.90. The van der Waals surface area contributed by atoms with Crippen molar-refractivity contribution in [3.05, 3.63) is 47.9 Å². The number of ether oxygens (including phenoxy) is 2. The Bertz CT molecular complexity index is 853. The first-order chi connectivity index (χ1) is 13.5. The molecule has 1 N–H and O–H groups in total. The molecule has 0 aliphatic carbocycles. The summed E-state index contributed by atoms with van der Waals surface area (Å²) in [5.74, 6) is 0.650. The smallest absolute Gasteiger partial charge is 0.303 e. The van der Waals surface area contributed by atoms with E-state index in [-0.39, 0.29) is 31.2 Å². The third-order valence-electron chi connectivity index (χ3n) is 4.51. The van der Waals surface area contributed by atoms with E-state index in [1.165, 1.54) is 5.01 Å². The quantitative estimate of drug-likeness (QED) is 0.747. The second kappa shape index (κ2) is 8.60. The first kappa shape index (κ1) is 19.5. The molecule has 1 aromatic carbocycles. The molecule has 1 atom stereocenters. The van der Waals surface area contributed by atoms with Crippen molar-refractivity contribution in [2.24, 2.45) is 5.10 Å². The number of amides is 1. The van der Waals surface area contributed by atoms with Crippen molar-refractivity contribution in [3.63, 3.8) is 0 Å². The van der Waals surface area contributed by atoms with E-state index in [1.807, 2.05) is 12.1 Å². The fraction of sp³-hybridized carbons (Fsp3) is 0.350. The first-order valence-corrected chi connectivity index (χ1v) is 8.90. The van der Waals surface area contributed by atoms with Gasteiger partial charge in [-0.15, -0.1) is 0 Å². The van der Waals surface area contributed by atoms with Gasteiger partial charge < -0.3 is 19.0 Å². The summed E-state index contributed by atoms with van der Waals surface area (Å²) in [5, 5.41) is 14.7. The van der Waals surface area contributed by atoms with Crippen molar-refractivity contribution >= 4 is 17.6 Å². The zero-order valence-electron chi connectivity index (χ0n) is 15.8. The Hall–Kier alpha value is -3.29. The molecule has 2 aromatic rings. The van der Waals surface area contributed by atoms with Crippen LogP contribution >= 0.6 is 0 Å². The Morgan fingerprint density at radius 3 is 2.50 bits per heavy atom. The monoisotopic (exact) mass is 386 g/mol. The number of hydrogen-bond donors (Lipinski definition) is 1. The summed E-state index contributed by atoms with van der Waals surface area (Å²) in [4.78, 5) is 23.5. The highest BCUT2D eigenvalue weighted by Gasteiger charge is 2.34. The van der Waals surface area contributed by atoms with E-state index < -0.39 is 5.97 Å². The van der Waals surface area contributed by atoms with Crippen LogP contribution in [0.5, 0.6) is 11.5 Å². The predicted molar refractivity (Wildman–Crippen MR) is 100 cm³/mol. The second-order valence-electron chi connectivity index (χ2n) is 6.38. The molecule has 1 aliphatic heterocycles. The maximum atomic E-state index is 12.8. The van der Waals surface area contributed by atoms with Gasteiger partial charge in [-0.05, 0) is 36.2 Å². The molecule has 0 saturated heterocycles. The van der Waals surface area contributed by atoms with Crippen molar-refractivity contribution in [1.82, 2.24) is 5.01 Å². The van der Waals surface area contributed by atoms with Crippen molar-refractivity contribution in [3.8, 4) is 11.5 Å². The van der Waals surface area contributed by atoms with Crippen LogP contribution in [0.3, 0.4) is 0 Å². The minimum absolute atomic E-state index is 0.0635. The Kier molecular flexibility index (Phi) is 5.98. The molecule has 1 aromatic heterocycles. The van der Waals surface area contributed by atoms with E-state index in [4.69, 9.17) is 19.0 Å². The average molecular weight is 386 g/mol. The summed E-state index contributed by atoms with van der Waals surface area (Å²) in [6.45, 7) is 0. The molecular formula is C20H22N2O6. The Morgan fingerprint density at radius 2 is 1.93 bits per heavy atom. The fourth-order valence-corrected chi connectivity index (χ4v) is 3.12. The van der Waals surface area contributed by atoms with Gasteiger partial charge in [0.05, 0.1) is 26.5 Å². The number of hydrogen-bond acceptors (Lipinski definition) is 6. The van der Waals surface area contributed by atoms with Gasteiger partial charge in [-0.2, -0.15) is 5.10 Å². The summed E-state index contributed by atoms with van der Waals surface area (Å²) < 4.78 is 16.1. The van der Waals surface area contributed by atoms with Crippen molar-refractivity contribution in [1.29, 1.82) is 0 Å². The van der Waals surface area contributed by atoms with E-state index >= 15 is 0 Å². The lowest BCUT2D eigenvalue weighted by molar-refractivity contribution is -0.137. The topological polar surface area (TPSA) is 102 Å². The molecule has 0 fully saturated rings. The minimum atomic E-state index is -0.928. The molecule has 3 rings (SSSR count). The molecule has 0 saturated carbocycles. The van der Waals surface area contributed by atoms with Gasteiger partial charge in [-0.25, -0.2) is 5.01 Å². The highest BCUT2D eigenvalue weighted by molar-refractivity contribution is 6.01. The predicted octanol–water partition coefficient (Wildman–Crippen LogP) is 3.23. The number of carbonyl (C=O) groups excluding carboxylic acids is 1. The van der Waals surface area contributed by atoms with Gasteiger partial charge in [0.15, 0.2) is 0 Å². The SMILES string of the molecule is COc1cc(OC)cc([C@@H]2CC(c3ccco3)=NN2C(=O)CCCC(=O)O)c1. The third-order valence-corrected chi connectivity index (χ3v) is 4.51. The van der Waals surface area contributed by atoms with E-state index in [9.17, 15) is 9.59 Å². The largest absolute Gasteiger partial charge is 0.497 e. The van der Waals surface area contributed by atoms with E-state index in [1.54, 1.807) is 38.7 Å². The van der Waals surface area contributed by atoms with Crippen LogP contribution in [-0.4, -0.2) is 41.9 Å². The zero-order chi connectivity index (χ0) is 20.1. The van der Waals surface area contributed by atoms with Crippen LogP contribution in [0.25, 0.3) is 0 Å². The number of rotatable bonds is 8. The number of benzene rings is 1. The van der Waals surface area contributed by atoms with Gasteiger partial charge in [-0.3, -0.25) is 9.59 Å². The molecule has 0 spiro atoms. The molecular weight excluding hydrogens is 364 g/mol. The Balaban J connectivity index is 1.89. The number of hydrazone groups is 1. The number of furan rings is 1.